The summed E-state index contributed by atoms with van der Waals surface area (Å²) in [4.78, 5) is 0. The molecule has 0 bridgehead atoms. The van der Waals surface area contributed by atoms with Gasteiger partial charge in [-0.15, -0.1) is 10.2 Å². The lowest BCUT2D eigenvalue weighted by atomic mass is 10.2. The van der Waals surface area contributed by atoms with Gasteiger partial charge in [-0.05, 0) is 12.1 Å². The number of H-pyrrole nitrogens is 1. The Morgan fingerprint density at radius 3 is 2.62 bits per heavy atom. The zero-order valence-corrected chi connectivity index (χ0v) is 11.7. The van der Waals surface area contributed by atoms with Crippen LogP contribution in [0.2, 0.25) is 0 Å². The van der Waals surface area contributed by atoms with Gasteiger partial charge in [0.15, 0.2) is 5.03 Å². The van der Waals surface area contributed by atoms with E-state index < -0.39 is 0 Å². The van der Waals surface area contributed by atoms with E-state index >= 15 is 0 Å². The highest BCUT2D eigenvalue weighted by molar-refractivity contribution is 7.98. The van der Waals surface area contributed by atoms with Gasteiger partial charge >= 0.3 is 0 Å². The van der Waals surface area contributed by atoms with E-state index in [2.05, 4.69) is 25.7 Å². The van der Waals surface area contributed by atoms with Gasteiger partial charge < -0.3 is 0 Å². The topological polar surface area (TPSA) is 72.3 Å². The number of nitrogens with zero attached hydrogens (tertiary/aromatic N) is 5. The molecule has 0 fully saturated rings. The van der Waals surface area contributed by atoms with Gasteiger partial charge in [-0.2, -0.15) is 14.4 Å². The lowest BCUT2D eigenvalue weighted by molar-refractivity contribution is 0.889. The third-order valence-electron chi connectivity index (χ3n) is 3.06. The minimum Gasteiger partial charge on any atom is -0.196 e. The monoisotopic (exact) mass is 294 g/mol. The summed E-state index contributed by atoms with van der Waals surface area (Å²) in [6.45, 7) is 0. The van der Waals surface area contributed by atoms with E-state index in [1.54, 1.807) is 4.09 Å². The van der Waals surface area contributed by atoms with Crippen LogP contribution in [-0.4, -0.2) is 29.8 Å². The summed E-state index contributed by atoms with van der Waals surface area (Å²) in [6, 6.07) is 17.7. The van der Waals surface area contributed by atoms with Crippen molar-refractivity contribution in [2.45, 2.75) is 5.03 Å². The molecule has 2 aromatic heterocycles. The molecule has 4 aromatic rings. The predicted octanol–water partition coefficient (Wildman–Crippen LogP) is 2.77. The molecule has 0 radical (unpaired) electrons. The first-order valence-corrected chi connectivity index (χ1v) is 7.14. The Morgan fingerprint density at radius 2 is 1.71 bits per heavy atom. The number of rotatable bonds is 3. The quantitative estimate of drug-likeness (QED) is 0.629. The number of benzene rings is 2. The molecular weight excluding hydrogens is 284 g/mol. The summed E-state index contributed by atoms with van der Waals surface area (Å²) in [5, 5.41) is 20.2. The molecule has 0 aliphatic heterocycles. The molecule has 7 heteroatoms. The zero-order valence-electron chi connectivity index (χ0n) is 10.8. The first-order chi connectivity index (χ1) is 10.4. The number of aromatic nitrogens is 6. The Kier molecular flexibility index (Phi) is 2.89. The number of para-hydroxylation sites is 1. The van der Waals surface area contributed by atoms with Crippen molar-refractivity contribution in [3.05, 3.63) is 54.6 Å². The molecule has 1 N–H and O–H groups in total. The Labute approximate surface area is 124 Å². The Morgan fingerprint density at radius 1 is 0.905 bits per heavy atom. The molecule has 2 heterocycles. The van der Waals surface area contributed by atoms with Crippen LogP contribution in [0.15, 0.2) is 59.6 Å². The van der Waals surface area contributed by atoms with E-state index in [0.29, 0.717) is 0 Å². The molecule has 0 spiro atoms. The van der Waals surface area contributed by atoms with Gasteiger partial charge in [0.1, 0.15) is 16.7 Å². The number of fused-ring (bicyclic) bond motifs is 1. The van der Waals surface area contributed by atoms with Crippen molar-refractivity contribution < 1.29 is 0 Å². The second-order valence-corrected chi connectivity index (χ2v) is 5.30. The molecule has 6 nitrogen and oxygen atoms in total. The van der Waals surface area contributed by atoms with Crippen LogP contribution >= 0.6 is 11.9 Å². The van der Waals surface area contributed by atoms with Crippen molar-refractivity contribution in [2.75, 3.05) is 0 Å². The molecule has 0 aliphatic rings. The standard InChI is InChI=1S/C14H10N6S/c1-2-6-10(7-3-1)13-14(17-18-16-13)21-20-12-9-5-4-8-11(12)15-19-20/h1-9H,(H,16,17,18). The SMILES string of the molecule is c1ccc(-c2n[nH]nc2Sn2nnc3ccccc32)cc1. The number of hydrogen-bond acceptors (Lipinski definition) is 5. The van der Waals surface area contributed by atoms with Gasteiger partial charge in [-0.3, -0.25) is 0 Å². The van der Waals surface area contributed by atoms with Crippen LogP contribution in [0.5, 0.6) is 0 Å². The van der Waals surface area contributed by atoms with E-state index in [-0.39, 0.29) is 0 Å². The third kappa shape index (κ3) is 2.17. The van der Waals surface area contributed by atoms with Gasteiger partial charge in [0.25, 0.3) is 0 Å². The second kappa shape index (κ2) is 5.02. The Bertz CT molecular complexity index is 883. The predicted molar refractivity (Wildman–Crippen MR) is 80.6 cm³/mol. The van der Waals surface area contributed by atoms with Crippen LogP contribution in [0, 0.1) is 0 Å². The van der Waals surface area contributed by atoms with E-state index in [4.69, 9.17) is 0 Å². The van der Waals surface area contributed by atoms with Crippen LogP contribution in [0.25, 0.3) is 22.3 Å². The largest absolute Gasteiger partial charge is 0.196 e. The van der Waals surface area contributed by atoms with E-state index in [1.807, 2.05) is 54.6 Å². The fraction of sp³-hybridized carbons (Fsp3) is 0. The van der Waals surface area contributed by atoms with Crippen molar-refractivity contribution in [3.63, 3.8) is 0 Å². The maximum atomic E-state index is 4.23. The van der Waals surface area contributed by atoms with E-state index in [1.165, 1.54) is 11.9 Å². The van der Waals surface area contributed by atoms with E-state index in [0.717, 1.165) is 27.3 Å². The molecule has 0 unspecified atom stereocenters. The first kappa shape index (κ1) is 12.1. The summed E-state index contributed by atoms with van der Waals surface area (Å²) >= 11 is 1.39. The summed E-state index contributed by atoms with van der Waals surface area (Å²) in [5.41, 5.74) is 3.62. The fourth-order valence-corrected chi connectivity index (χ4v) is 2.89. The minimum absolute atomic E-state index is 0.761. The average Bonchev–Trinajstić information content (AvgIpc) is 3.16. The lowest BCUT2D eigenvalue weighted by Crippen LogP contribution is -1.91. The lowest BCUT2D eigenvalue weighted by Gasteiger charge is -2.00. The molecule has 4 rings (SSSR count). The van der Waals surface area contributed by atoms with Crippen LogP contribution in [0.1, 0.15) is 0 Å². The summed E-state index contributed by atoms with van der Waals surface area (Å²) in [6.07, 6.45) is 0. The van der Waals surface area contributed by atoms with Crippen LogP contribution < -0.4 is 0 Å². The van der Waals surface area contributed by atoms with Gasteiger partial charge in [0.2, 0.25) is 0 Å². The molecule has 0 atom stereocenters. The van der Waals surface area contributed by atoms with Crippen molar-refractivity contribution in [2.24, 2.45) is 0 Å². The second-order valence-electron chi connectivity index (χ2n) is 4.39. The fourth-order valence-electron chi connectivity index (χ4n) is 2.07. The highest BCUT2D eigenvalue weighted by Crippen LogP contribution is 2.29. The smallest absolute Gasteiger partial charge is 0.169 e. The van der Waals surface area contributed by atoms with E-state index in [9.17, 15) is 0 Å². The third-order valence-corrected chi connectivity index (χ3v) is 3.96. The number of hydrogen-bond donors (Lipinski definition) is 1. The Hall–Kier alpha value is -2.67. The first-order valence-electron chi connectivity index (χ1n) is 6.37. The normalized spacial score (nSPS) is 11.0. The van der Waals surface area contributed by atoms with Crippen molar-refractivity contribution >= 4 is 23.0 Å². The zero-order chi connectivity index (χ0) is 14.1. The average molecular weight is 294 g/mol. The maximum Gasteiger partial charge on any atom is 0.169 e. The molecule has 0 aliphatic carbocycles. The molecule has 2 aromatic carbocycles. The minimum atomic E-state index is 0.761. The van der Waals surface area contributed by atoms with Crippen molar-refractivity contribution in [1.29, 1.82) is 0 Å². The van der Waals surface area contributed by atoms with Gasteiger partial charge in [-0.1, -0.05) is 47.7 Å². The molecule has 0 saturated heterocycles. The molecular formula is C14H10N6S. The molecule has 21 heavy (non-hydrogen) atoms. The van der Waals surface area contributed by atoms with Gasteiger partial charge in [0.05, 0.1) is 0 Å². The van der Waals surface area contributed by atoms with Crippen molar-refractivity contribution in [3.8, 4) is 11.3 Å². The molecule has 0 amide bonds. The number of nitrogens with one attached hydrogen (secondary N) is 1. The van der Waals surface area contributed by atoms with Gasteiger partial charge in [-0.25, -0.2) is 0 Å². The summed E-state index contributed by atoms with van der Waals surface area (Å²) in [5.74, 6) is 0. The highest BCUT2D eigenvalue weighted by Gasteiger charge is 2.14. The summed E-state index contributed by atoms with van der Waals surface area (Å²) in [7, 11) is 0. The maximum absolute atomic E-state index is 4.23. The molecule has 102 valence electrons. The molecule has 0 saturated carbocycles. The van der Waals surface area contributed by atoms with Crippen LogP contribution in [0.4, 0.5) is 0 Å². The van der Waals surface area contributed by atoms with Crippen LogP contribution in [-0.2, 0) is 0 Å². The number of aromatic amines is 1. The van der Waals surface area contributed by atoms with Gasteiger partial charge in [0, 0.05) is 17.5 Å². The Balaban J connectivity index is 1.74. The summed E-state index contributed by atoms with van der Waals surface area (Å²) < 4.78 is 1.75. The van der Waals surface area contributed by atoms with Crippen molar-refractivity contribution in [1.82, 2.24) is 29.8 Å². The highest BCUT2D eigenvalue weighted by atomic mass is 32.2. The van der Waals surface area contributed by atoms with Crippen LogP contribution in [0.3, 0.4) is 0 Å².